The van der Waals surface area contributed by atoms with Crippen LogP contribution in [0.3, 0.4) is 0 Å². The van der Waals surface area contributed by atoms with Crippen LogP contribution in [0, 0.1) is 5.92 Å². The summed E-state index contributed by atoms with van der Waals surface area (Å²) in [6.07, 6.45) is 1.35. The molecule has 0 spiro atoms. The zero-order valence-corrected chi connectivity index (χ0v) is 19.1. The molecule has 0 saturated carbocycles. The first-order valence-electron chi connectivity index (χ1n) is 11.6. The van der Waals surface area contributed by atoms with Crippen molar-refractivity contribution in [2.45, 2.75) is 24.7 Å². The van der Waals surface area contributed by atoms with Gasteiger partial charge in [0, 0.05) is 18.7 Å². The van der Waals surface area contributed by atoms with Crippen molar-refractivity contribution < 1.29 is 19.8 Å². The van der Waals surface area contributed by atoms with Crippen LogP contribution >= 0.6 is 0 Å². The summed E-state index contributed by atoms with van der Waals surface area (Å²) in [7, 11) is 0. The summed E-state index contributed by atoms with van der Waals surface area (Å²) < 4.78 is 0. The lowest BCUT2D eigenvalue weighted by Gasteiger charge is -2.37. The number of carboxylic acid groups (broad SMARTS) is 1. The number of hydrogen-bond donors (Lipinski definition) is 3. The van der Waals surface area contributed by atoms with Gasteiger partial charge in [0.1, 0.15) is 11.2 Å². The number of primary amides is 1. The highest BCUT2D eigenvalue weighted by atomic mass is 16.4. The highest BCUT2D eigenvalue weighted by molar-refractivity contribution is 5.91. The van der Waals surface area contributed by atoms with Crippen LogP contribution in [0.2, 0.25) is 0 Å². The van der Waals surface area contributed by atoms with E-state index >= 15 is 0 Å². The minimum atomic E-state index is -0.973. The van der Waals surface area contributed by atoms with E-state index in [1.165, 1.54) is 0 Å². The smallest absolute Gasteiger partial charge is 0.307 e. The second-order valence-corrected chi connectivity index (χ2v) is 8.97. The number of phenols is 1. The van der Waals surface area contributed by atoms with Crippen molar-refractivity contribution in [3.63, 3.8) is 0 Å². The average Bonchev–Trinajstić information content (AvgIpc) is 3.30. The Morgan fingerprint density at radius 1 is 0.971 bits per heavy atom. The highest BCUT2D eigenvalue weighted by Crippen LogP contribution is 2.43. The van der Waals surface area contributed by atoms with Crippen molar-refractivity contribution in [1.82, 2.24) is 4.90 Å². The number of amides is 1. The molecule has 1 heterocycles. The molecule has 34 heavy (non-hydrogen) atoms. The van der Waals surface area contributed by atoms with Crippen molar-refractivity contribution >= 4 is 11.9 Å². The summed E-state index contributed by atoms with van der Waals surface area (Å²) in [4.78, 5) is 26.6. The minimum absolute atomic E-state index is 0.00403. The molecular weight excluding hydrogens is 428 g/mol. The molecule has 1 fully saturated rings. The Balaban J connectivity index is 1.55. The third-order valence-electron chi connectivity index (χ3n) is 6.93. The van der Waals surface area contributed by atoms with Gasteiger partial charge in [-0.25, -0.2) is 0 Å². The van der Waals surface area contributed by atoms with Gasteiger partial charge < -0.3 is 20.8 Å². The molecule has 4 N–H and O–H groups in total. The first kappa shape index (κ1) is 23.5. The van der Waals surface area contributed by atoms with E-state index in [1.807, 2.05) is 66.7 Å². The lowest BCUT2D eigenvalue weighted by molar-refractivity contribution is -0.136. The Labute approximate surface area is 199 Å². The van der Waals surface area contributed by atoms with Crippen molar-refractivity contribution in [1.29, 1.82) is 0 Å². The van der Waals surface area contributed by atoms with Crippen LogP contribution in [0.5, 0.6) is 5.75 Å². The van der Waals surface area contributed by atoms with Crippen molar-refractivity contribution in [3.8, 4) is 5.75 Å². The number of phenolic OH excluding ortho intramolecular Hbond substituents is 1. The van der Waals surface area contributed by atoms with Gasteiger partial charge in [0.2, 0.25) is 5.91 Å². The quantitative estimate of drug-likeness (QED) is 0.456. The molecule has 1 unspecified atom stereocenters. The largest absolute Gasteiger partial charge is 0.508 e. The topological polar surface area (TPSA) is 104 Å². The number of carbonyl (C=O) groups is 2. The predicted octanol–water partition coefficient (Wildman–Crippen LogP) is 3.36. The molecule has 4 rings (SSSR count). The number of nitrogens with zero attached hydrogens (tertiary/aromatic N) is 1. The van der Waals surface area contributed by atoms with E-state index in [4.69, 9.17) is 10.8 Å². The number of rotatable bonds is 9. The Kier molecular flexibility index (Phi) is 6.98. The highest BCUT2D eigenvalue weighted by Gasteiger charge is 2.49. The monoisotopic (exact) mass is 458 g/mol. The molecule has 0 radical (unpaired) electrons. The number of hydrogen-bond acceptors (Lipinski definition) is 4. The maximum absolute atomic E-state index is 13.2. The van der Waals surface area contributed by atoms with Crippen LogP contribution in [-0.4, -0.2) is 46.6 Å². The summed E-state index contributed by atoms with van der Waals surface area (Å²) in [5.74, 6) is -1.28. The van der Waals surface area contributed by atoms with Gasteiger partial charge in [0.25, 0.3) is 0 Å². The summed E-state index contributed by atoms with van der Waals surface area (Å²) in [6.45, 7) is 2.35. The fraction of sp³-hybridized carbons (Fsp3) is 0.286. The molecule has 6 heteroatoms. The molecular formula is C28H30N2O4. The zero-order valence-electron chi connectivity index (χ0n) is 19.1. The van der Waals surface area contributed by atoms with E-state index in [0.29, 0.717) is 5.56 Å². The van der Waals surface area contributed by atoms with Crippen LogP contribution < -0.4 is 5.73 Å². The molecule has 3 aromatic carbocycles. The predicted molar refractivity (Wildman–Crippen MR) is 131 cm³/mol. The van der Waals surface area contributed by atoms with Gasteiger partial charge in [-0.1, -0.05) is 72.8 Å². The Morgan fingerprint density at radius 3 is 2.15 bits per heavy atom. The first-order valence-corrected chi connectivity index (χ1v) is 11.6. The fourth-order valence-electron chi connectivity index (χ4n) is 5.30. The molecule has 176 valence electrons. The van der Waals surface area contributed by atoms with E-state index in [9.17, 15) is 14.7 Å². The van der Waals surface area contributed by atoms with Crippen LogP contribution in [0.25, 0.3) is 0 Å². The SMILES string of the molecule is NC(=O)C(c1ccccc1)(c1ccccc1)C1CCN(CCc2ccc(O)c(CC(=O)O)c2)C1. The summed E-state index contributed by atoms with van der Waals surface area (Å²) >= 11 is 0. The van der Waals surface area contributed by atoms with Crippen molar-refractivity contribution in [2.75, 3.05) is 19.6 Å². The van der Waals surface area contributed by atoms with Gasteiger partial charge in [-0.3, -0.25) is 9.59 Å². The fourth-order valence-corrected chi connectivity index (χ4v) is 5.30. The van der Waals surface area contributed by atoms with Crippen molar-refractivity contribution in [2.24, 2.45) is 11.7 Å². The lowest BCUT2D eigenvalue weighted by Crippen LogP contribution is -2.49. The molecule has 0 bridgehead atoms. The molecule has 6 nitrogen and oxygen atoms in total. The van der Waals surface area contributed by atoms with E-state index in [-0.39, 0.29) is 24.0 Å². The van der Waals surface area contributed by atoms with E-state index < -0.39 is 11.4 Å². The standard InChI is InChI=1S/C28H30N2O4/c29-27(34)28(22-7-3-1-4-8-22,23-9-5-2-6-10-23)24-14-16-30(19-24)15-13-20-11-12-25(31)21(17-20)18-26(32)33/h1-12,17,24,31H,13-16,18-19H2,(H2,29,34)(H,32,33). The molecule has 0 aromatic heterocycles. The molecule has 1 aliphatic rings. The third kappa shape index (κ3) is 4.68. The second kappa shape index (κ2) is 10.1. The van der Waals surface area contributed by atoms with E-state index in [0.717, 1.165) is 49.2 Å². The normalized spacial score (nSPS) is 16.4. The number of aromatic hydroxyl groups is 1. The van der Waals surface area contributed by atoms with Gasteiger partial charge >= 0.3 is 5.97 Å². The van der Waals surface area contributed by atoms with E-state index in [2.05, 4.69) is 4.90 Å². The Bertz CT molecular complexity index is 1110. The van der Waals surface area contributed by atoms with Crippen LogP contribution in [-0.2, 0) is 27.8 Å². The Morgan fingerprint density at radius 2 is 1.59 bits per heavy atom. The molecule has 1 saturated heterocycles. The second-order valence-electron chi connectivity index (χ2n) is 8.97. The van der Waals surface area contributed by atoms with Gasteiger partial charge in [-0.05, 0) is 48.1 Å². The summed E-state index contributed by atoms with van der Waals surface area (Å²) in [6, 6.07) is 24.8. The third-order valence-corrected chi connectivity index (χ3v) is 6.93. The number of benzene rings is 3. The Hall–Kier alpha value is -3.64. The zero-order chi connectivity index (χ0) is 24.1. The molecule has 0 aliphatic carbocycles. The molecule has 3 aromatic rings. The van der Waals surface area contributed by atoms with Crippen molar-refractivity contribution in [3.05, 3.63) is 101 Å². The number of aliphatic carboxylic acids is 1. The number of carbonyl (C=O) groups excluding carboxylic acids is 1. The molecule has 1 amide bonds. The first-order chi connectivity index (χ1) is 16.4. The van der Waals surface area contributed by atoms with Crippen LogP contribution in [0.15, 0.2) is 78.9 Å². The van der Waals surface area contributed by atoms with Gasteiger partial charge in [-0.2, -0.15) is 0 Å². The van der Waals surface area contributed by atoms with Gasteiger partial charge in [0.15, 0.2) is 0 Å². The van der Waals surface area contributed by atoms with Gasteiger partial charge in [-0.15, -0.1) is 0 Å². The minimum Gasteiger partial charge on any atom is -0.508 e. The lowest BCUT2D eigenvalue weighted by atomic mass is 9.64. The number of nitrogens with two attached hydrogens (primary N) is 1. The van der Waals surface area contributed by atoms with Gasteiger partial charge in [0.05, 0.1) is 6.42 Å². The summed E-state index contributed by atoms with van der Waals surface area (Å²) in [5, 5.41) is 19.0. The summed E-state index contributed by atoms with van der Waals surface area (Å²) in [5.41, 5.74) is 8.48. The molecule has 1 atom stereocenters. The number of carboxylic acids is 1. The average molecular weight is 459 g/mol. The van der Waals surface area contributed by atoms with E-state index in [1.54, 1.807) is 12.1 Å². The molecule has 1 aliphatic heterocycles. The van der Waals surface area contributed by atoms with Crippen LogP contribution in [0.1, 0.15) is 28.7 Å². The van der Waals surface area contributed by atoms with Crippen LogP contribution in [0.4, 0.5) is 0 Å². The maximum atomic E-state index is 13.2. The maximum Gasteiger partial charge on any atom is 0.307 e. The number of likely N-dealkylation sites (tertiary alicyclic amines) is 1.